The van der Waals surface area contributed by atoms with E-state index < -0.39 is 6.10 Å². The van der Waals surface area contributed by atoms with E-state index in [0.29, 0.717) is 13.2 Å². The molecule has 0 radical (unpaired) electrons. The van der Waals surface area contributed by atoms with E-state index in [1.165, 1.54) is 0 Å². The lowest BCUT2D eigenvalue weighted by Gasteiger charge is -2.14. The van der Waals surface area contributed by atoms with E-state index in [0.717, 1.165) is 11.3 Å². The number of ether oxygens (including phenoxy) is 2. The summed E-state index contributed by atoms with van der Waals surface area (Å²) in [5, 5.41) is 9.54. The van der Waals surface area contributed by atoms with Crippen LogP contribution in [0, 0.1) is 0 Å². The van der Waals surface area contributed by atoms with Crippen LogP contribution in [0.25, 0.3) is 0 Å². The lowest BCUT2D eigenvalue weighted by Crippen LogP contribution is -2.12. The van der Waals surface area contributed by atoms with Gasteiger partial charge in [-0.05, 0) is 26.8 Å². The minimum Gasteiger partial charge on any atom is -0.491 e. The molecule has 3 nitrogen and oxygen atoms in total. The third-order valence-electron chi connectivity index (χ3n) is 2.16. The summed E-state index contributed by atoms with van der Waals surface area (Å²) in [6, 6.07) is 7.50. The van der Waals surface area contributed by atoms with Gasteiger partial charge in [0.05, 0.1) is 18.8 Å². The van der Waals surface area contributed by atoms with Crippen molar-refractivity contribution in [1.82, 2.24) is 0 Å². The Morgan fingerprint density at radius 1 is 1.12 bits per heavy atom. The standard InChI is InChI=1S/C13H20O3/c1-10(2)15-8-9-16-13-7-5-4-6-12(13)11(3)14/h4-7,10-11,14H,8-9H2,1-3H3/t11-/m1/s1. The minimum absolute atomic E-state index is 0.218. The normalized spacial score (nSPS) is 12.8. The van der Waals surface area contributed by atoms with Crippen LogP contribution in [-0.4, -0.2) is 24.4 Å². The Hall–Kier alpha value is -1.06. The Balaban J connectivity index is 2.47. The molecule has 1 atom stereocenters. The van der Waals surface area contributed by atoms with Crippen molar-refractivity contribution in [3.63, 3.8) is 0 Å². The summed E-state index contributed by atoms with van der Waals surface area (Å²) in [7, 11) is 0. The van der Waals surface area contributed by atoms with Crippen LogP contribution in [0.4, 0.5) is 0 Å². The highest BCUT2D eigenvalue weighted by atomic mass is 16.5. The lowest BCUT2D eigenvalue weighted by molar-refractivity contribution is 0.0543. The third-order valence-corrected chi connectivity index (χ3v) is 2.16. The molecule has 1 rings (SSSR count). The fraction of sp³-hybridized carbons (Fsp3) is 0.538. The van der Waals surface area contributed by atoms with E-state index in [1.807, 2.05) is 38.1 Å². The first-order chi connectivity index (χ1) is 7.61. The van der Waals surface area contributed by atoms with Gasteiger partial charge in [-0.15, -0.1) is 0 Å². The summed E-state index contributed by atoms with van der Waals surface area (Å²) >= 11 is 0. The summed E-state index contributed by atoms with van der Waals surface area (Å²) in [5.41, 5.74) is 0.812. The van der Waals surface area contributed by atoms with Crippen molar-refractivity contribution < 1.29 is 14.6 Å². The second kappa shape index (κ2) is 6.51. The molecule has 0 aliphatic heterocycles. The van der Waals surface area contributed by atoms with Gasteiger partial charge in [-0.3, -0.25) is 0 Å². The molecule has 0 aliphatic carbocycles. The highest BCUT2D eigenvalue weighted by molar-refractivity contribution is 5.34. The van der Waals surface area contributed by atoms with E-state index in [-0.39, 0.29) is 6.10 Å². The number of hydrogen-bond donors (Lipinski definition) is 1. The summed E-state index contributed by atoms with van der Waals surface area (Å²) in [6.45, 7) is 6.77. The van der Waals surface area contributed by atoms with Gasteiger partial charge in [0.15, 0.2) is 0 Å². The Labute approximate surface area is 97.0 Å². The number of benzene rings is 1. The van der Waals surface area contributed by atoms with Crippen LogP contribution in [0.3, 0.4) is 0 Å². The van der Waals surface area contributed by atoms with Crippen LogP contribution in [-0.2, 0) is 4.74 Å². The van der Waals surface area contributed by atoms with Gasteiger partial charge in [-0.1, -0.05) is 18.2 Å². The maximum Gasteiger partial charge on any atom is 0.125 e. The molecule has 1 N–H and O–H groups in total. The van der Waals surface area contributed by atoms with Gasteiger partial charge in [-0.2, -0.15) is 0 Å². The van der Waals surface area contributed by atoms with Gasteiger partial charge < -0.3 is 14.6 Å². The average molecular weight is 224 g/mol. The molecule has 1 aromatic carbocycles. The van der Waals surface area contributed by atoms with Crippen molar-refractivity contribution in [2.75, 3.05) is 13.2 Å². The molecule has 1 aromatic rings. The van der Waals surface area contributed by atoms with Crippen molar-refractivity contribution in [3.8, 4) is 5.75 Å². The molecule has 0 fully saturated rings. The maximum atomic E-state index is 9.54. The van der Waals surface area contributed by atoms with Crippen LogP contribution in [0.2, 0.25) is 0 Å². The minimum atomic E-state index is -0.512. The zero-order chi connectivity index (χ0) is 12.0. The number of para-hydroxylation sites is 1. The Kier molecular flexibility index (Phi) is 5.29. The molecular formula is C13H20O3. The van der Waals surface area contributed by atoms with Crippen molar-refractivity contribution in [1.29, 1.82) is 0 Å². The first-order valence-electron chi connectivity index (χ1n) is 5.62. The smallest absolute Gasteiger partial charge is 0.125 e. The van der Waals surface area contributed by atoms with Gasteiger partial charge in [0.1, 0.15) is 12.4 Å². The largest absolute Gasteiger partial charge is 0.491 e. The van der Waals surface area contributed by atoms with Gasteiger partial charge in [-0.25, -0.2) is 0 Å². The molecule has 3 heteroatoms. The molecular weight excluding hydrogens is 204 g/mol. The number of aliphatic hydroxyl groups is 1. The Morgan fingerprint density at radius 3 is 2.44 bits per heavy atom. The molecule has 0 saturated heterocycles. The highest BCUT2D eigenvalue weighted by Crippen LogP contribution is 2.24. The highest BCUT2D eigenvalue weighted by Gasteiger charge is 2.07. The van der Waals surface area contributed by atoms with Crippen LogP contribution in [0.15, 0.2) is 24.3 Å². The van der Waals surface area contributed by atoms with Crippen LogP contribution < -0.4 is 4.74 Å². The Morgan fingerprint density at radius 2 is 1.81 bits per heavy atom. The van der Waals surface area contributed by atoms with Crippen LogP contribution >= 0.6 is 0 Å². The van der Waals surface area contributed by atoms with Crippen LogP contribution in [0.1, 0.15) is 32.4 Å². The van der Waals surface area contributed by atoms with E-state index in [2.05, 4.69) is 0 Å². The summed E-state index contributed by atoms with van der Waals surface area (Å²) in [6.07, 6.45) is -0.294. The zero-order valence-electron chi connectivity index (χ0n) is 10.1. The predicted octanol–water partition coefficient (Wildman–Crippen LogP) is 2.54. The van der Waals surface area contributed by atoms with E-state index in [1.54, 1.807) is 6.92 Å². The second-order valence-electron chi connectivity index (χ2n) is 3.98. The van der Waals surface area contributed by atoms with E-state index >= 15 is 0 Å². The Bertz CT molecular complexity index is 308. The summed E-state index contributed by atoms with van der Waals surface area (Å²) < 4.78 is 10.9. The summed E-state index contributed by atoms with van der Waals surface area (Å²) in [5.74, 6) is 0.727. The zero-order valence-corrected chi connectivity index (χ0v) is 10.1. The number of aliphatic hydroxyl groups excluding tert-OH is 1. The fourth-order valence-electron chi connectivity index (χ4n) is 1.39. The lowest BCUT2D eigenvalue weighted by atomic mass is 10.1. The maximum absolute atomic E-state index is 9.54. The molecule has 0 aliphatic rings. The molecule has 90 valence electrons. The van der Waals surface area contributed by atoms with Crippen molar-refractivity contribution in [2.24, 2.45) is 0 Å². The predicted molar refractivity (Wildman–Crippen MR) is 63.7 cm³/mol. The number of rotatable bonds is 6. The van der Waals surface area contributed by atoms with E-state index in [4.69, 9.17) is 9.47 Å². The third kappa shape index (κ3) is 4.21. The van der Waals surface area contributed by atoms with Gasteiger partial charge in [0, 0.05) is 5.56 Å². The number of hydrogen-bond acceptors (Lipinski definition) is 3. The van der Waals surface area contributed by atoms with Gasteiger partial charge in [0.25, 0.3) is 0 Å². The quantitative estimate of drug-likeness (QED) is 0.755. The molecule has 0 saturated carbocycles. The summed E-state index contributed by atoms with van der Waals surface area (Å²) in [4.78, 5) is 0. The topological polar surface area (TPSA) is 38.7 Å². The fourth-order valence-corrected chi connectivity index (χ4v) is 1.39. The van der Waals surface area contributed by atoms with Gasteiger partial charge >= 0.3 is 0 Å². The first-order valence-corrected chi connectivity index (χ1v) is 5.62. The molecule has 0 spiro atoms. The first kappa shape index (κ1) is 13.0. The average Bonchev–Trinajstić information content (AvgIpc) is 2.24. The molecule has 0 heterocycles. The van der Waals surface area contributed by atoms with Crippen molar-refractivity contribution >= 4 is 0 Å². The van der Waals surface area contributed by atoms with Crippen LogP contribution in [0.5, 0.6) is 5.75 Å². The monoisotopic (exact) mass is 224 g/mol. The van der Waals surface area contributed by atoms with Crippen molar-refractivity contribution in [2.45, 2.75) is 33.0 Å². The second-order valence-corrected chi connectivity index (χ2v) is 3.98. The molecule has 0 aromatic heterocycles. The van der Waals surface area contributed by atoms with Crippen molar-refractivity contribution in [3.05, 3.63) is 29.8 Å². The SMILES string of the molecule is CC(C)OCCOc1ccccc1[C@@H](C)O. The molecule has 16 heavy (non-hydrogen) atoms. The molecule has 0 bridgehead atoms. The molecule has 0 amide bonds. The van der Waals surface area contributed by atoms with E-state index in [9.17, 15) is 5.11 Å². The molecule has 0 unspecified atom stereocenters. The van der Waals surface area contributed by atoms with Gasteiger partial charge in [0.2, 0.25) is 0 Å².